The summed E-state index contributed by atoms with van der Waals surface area (Å²) in [5.74, 6) is 0. The van der Waals surface area contributed by atoms with E-state index in [1.165, 1.54) is 18.2 Å². The predicted molar refractivity (Wildman–Crippen MR) is 68.2 cm³/mol. The van der Waals surface area contributed by atoms with Crippen molar-refractivity contribution in [3.63, 3.8) is 0 Å². The van der Waals surface area contributed by atoms with Gasteiger partial charge < -0.3 is 4.98 Å². The predicted octanol–water partition coefficient (Wildman–Crippen LogP) is 1.16. The number of non-ortho nitro benzene ring substituents is 1. The van der Waals surface area contributed by atoms with E-state index in [1.54, 1.807) is 0 Å². The van der Waals surface area contributed by atoms with E-state index in [2.05, 4.69) is 14.7 Å². The molecule has 0 radical (unpaired) electrons. The number of aromatic amines is 1. The maximum atomic E-state index is 11.9. The van der Waals surface area contributed by atoms with Gasteiger partial charge in [0.1, 0.15) is 0 Å². The van der Waals surface area contributed by atoms with Crippen molar-refractivity contribution in [2.24, 2.45) is 0 Å². The van der Waals surface area contributed by atoms with Gasteiger partial charge in [-0.2, -0.15) is 0 Å². The van der Waals surface area contributed by atoms with E-state index in [0.717, 1.165) is 0 Å². The molecule has 2 N–H and O–H groups in total. The third-order valence-electron chi connectivity index (χ3n) is 2.46. The van der Waals surface area contributed by atoms with E-state index in [9.17, 15) is 18.5 Å². The number of nitrogens with zero attached hydrogens (tertiary/aromatic N) is 2. The van der Waals surface area contributed by atoms with E-state index in [0.29, 0.717) is 11.9 Å². The van der Waals surface area contributed by atoms with E-state index >= 15 is 0 Å². The quantitative estimate of drug-likeness (QED) is 0.631. The van der Waals surface area contributed by atoms with Crippen LogP contribution < -0.4 is 4.72 Å². The first-order valence-electron chi connectivity index (χ1n) is 5.58. The minimum Gasteiger partial charge on any atom is -0.327 e. The molecule has 0 spiro atoms. The molecule has 2 rings (SSSR count). The molecule has 1 aromatic carbocycles. The second kappa shape index (κ2) is 4.94. The Kier molecular flexibility index (Phi) is 3.49. The number of nitro benzene ring substituents is 1. The van der Waals surface area contributed by atoms with Crippen LogP contribution in [-0.4, -0.2) is 29.9 Å². The van der Waals surface area contributed by atoms with Crippen LogP contribution in [0.25, 0.3) is 11.0 Å². The zero-order valence-electron chi connectivity index (χ0n) is 10.1. The number of nitro groups is 1. The summed E-state index contributed by atoms with van der Waals surface area (Å²) < 4.78 is 26.1. The van der Waals surface area contributed by atoms with Gasteiger partial charge in [-0.15, -0.1) is 0 Å². The molecule has 0 saturated heterocycles. The third-order valence-corrected chi connectivity index (χ3v) is 3.75. The average molecular weight is 284 g/mol. The topological polar surface area (TPSA) is 118 Å². The van der Waals surface area contributed by atoms with Crippen LogP contribution >= 0.6 is 0 Å². The van der Waals surface area contributed by atoms with Crippen LogP contribution in [0.4, 0.5) is 5.69 Å². The summed E-state index contributed by atoms with van der Waals surface area (Å²) in [4.78, 5) is 16.6. The number of fused-ring (bicyclic) bond motifs is 1. The number of nitrogens with one attached hydrogen (secondary N) is 2. The summed E-state index contributed by atoms with van der Waals surface area (Å²) in [6.45, 7) is 2.10. The van der Waals surface area contributed by atoms with Gasteiger partial charge in [0.15, 0.2) is 5.52 Å². The number of benzene rings is 1. The number of imidazole rings is 1. The molecule has 19 heavy (non-hydrogen) atoms. The zero-order chi connectivity index (χ0) is 14.0. The van der Waals surface area contributed by atoms with E-state index < -0.39 is 14.9 Å². The highest BCUT2D eigenvalue weighted by molar-refractivity contribution is 7.89. The lowest BCUT2D eigenvalue weighted by Gasteiger charge is -2.00. The van der Waals surface area contributed by atoms with Crippen LogP contribution in [0.1, 0.15) is 13.3 Å². The zero-order valence-corrected chi connectivity index (χ0v) is 10.9. The Morgan fingerprint density at radius 3 is 2.84 bits per heavy atom. The van der Waals surface area contributed by atoms with Gasteiger partial charge in [-0.05, 0) is 12.5 Å². The number of para-hydroxylation sites is 1. The fraction of sp³-hybridized carbons (Fsp3) is 0.300. The van der Waals surface area contributed by atoms with Crippen LogP contribution in [0.3, 0.4) is 0 Å². The molecule has 0 aliphatic heterocycles. The maximum absolute atomic E-state index is 11.9. The SMILES string of the molecule is CCCNS(=O)(=O)c1nc2c([N+](=O)[O-])cccc2[nH]1. The standard InChI is InChI=1S/C10H12N4O4S/c1-2-6-11-19(17,18)10-12-7-4-3-5-8(14(15)16)9(7)13-10/h3-5,11H,2,6H2,1H3,(H,12,13). The highest BCUT2D eigenvalue weighted by atomic mass is 32.2. The van der Waals surface area contributed by atoms with Crippen molar-refractivity contribution in [1.82, 2.24) is 14.7 Å². The monoisotopic (exact) mass is 284 g/mol. The van der Waals surface area contributed by atoms with E-state index in [-0.39, 0.29) is 22.9 Å². The summed E-state index contributed by atoms with van der Waals surface area (Å²) in [5.41, 5.74) is 0.112. The molecule has 0 aliphatic carbocycles. The van der Waals surface area contributed by atoms with Crippen molar-refractivity contribution in [3.8, 4) is 0 Å². The van der Waals surface area contributed by atoms with Crippen molar-refractivity contribution in [1.29, 1.82) is 0 Å². The third kappa shape index (κ3) is 2.56. The highest BCUT2D eigenvalue weighted by Crippen LogP contribution is 2.24. The van der Waals surface area contributed by atoms with Crippen LogP contribution in [-0.2, 0) is 10.0 Å². The lowest BCUT2D eigenvalue weighted by atomic mass is 10.3. The molecule has 0 saturated carbocycles. The highest BCUT2D eigenvalue weighted by Gasteiger charge is 2.22. The van der Waals surface area contributed by atoms with Gasteiger partial charge in [0, 0.05) is 12.6 Å². The van der Waals surface area contributed by atoms with Crippen molar-refractivity contribution < 1.29 is 13.3 Å². The lowest BCUT2D eigenvalue weighted by molar-refractivity contribution is -0.383. The number of rotatable bonds is 5. The average Bonchev–Trinajstić information content (AvgIpc) is 2.80. The van der Waals surface area contributed by atoms with Crippen molar-refractivity contribution in [2.75, 3.05) is 6.54 Å². The Bertz CT molecular complexity index is 722. The summed E-state index contributed by atoms with van der Waals surface area (Å²) in [6.07, 6.45) is 0.638. The Hall–Kier alpha value is -2.00. The van der Waals surface area contributed by atoms with Gasteiger partial charge in [0.05, 0.1) is 10.4 Å². The molecule has 102 valence electrons. The molecule has 2 aromatic rings. The molecule has 0 unspecified atom stereocenters. The summed E-state index contributed by atoms with van der Waals surface area (Å²) >= 11 is 0. The number of H-pyrrole nitrogens is 1. The summed E-state index contributed by atoms with van der Waals surface area (Å²) in [7, 11) is -3.77. The van der Waals surface area contributed by atoms with Gasteiger partial charge >= 0.3 is 0 Å². The van der Waals surface area contributed by atoms with Crippen LogP contribution in [0, 0.1) is 10.1 Å². The van der Waals surface area contributed by atoms with E-state index in [1.807, 2.05) is 6.92 Å². The largest absolute Gasteiger partial charge is 0.327 e. The van der Waals surface area contributed by atoms with Gasteiger partial charge in [0.2, 0.25) is 5.16 Å². The molecule has 0 fully saturated rings. The molecule has 0 atom stereocenters. The Morgan fingerprint density at radius 2 is 2.21 bits per heavy atom. The second-order valence-electron chi connectivity index (χ2n) is 3.87. The Balaban J connectivity index is 2.53. The number of aromatic nitrogens is 2. The smallest absolute Gasteiger partial charge is 0.297 e. The van der Waals surface area contributed by atoms with Crippen LogP contribution in [0.15, 0.2) is 23.4 Å². The molecular formula is C10H12N4O4S. The molecule has 0 bridgehead atoms. The van der Waals surface area contributed by atoms with E-state index in [4.69, 9.17) is 0 Å². The van der Waals surface area contributed by atoms with Gasteiger partial charge in [0.25, 0.3) is 15.7 Å². The molecular weight excluding hydrogens is 272 g/mol. The summed E-state index contributed by atoms with van der Waals surface area (Å²) in [5, 5.41) is 10.5. The van der Waals surface area contributed by atoms with Gasteiger partial charge in [-0.1, -0.05) is 13.0 Å². The maximum Gasteiger partial charge on any atom is 0.297 e. The van der Waals surface area contributed by atoms with Crippen molar-refractivity contribution >= 4 is 26.7 Å². The first kappa shape index (κ1) is 13.4. The molecule has 0 aliphatic rings. The number of sulfonamides is 1. The minimum absolute atomic E-state index is 0.0318. The Morgan fingerprint density at radius 1 is 1.47 bits per heavy atom. The Labute approximate surface area is 109 Å². The first-order chi connectivity index (χ1) is 8.95. The van der Waals surface area contributed by atoms with Crippen LogP contribution in [0.2, 0.25) is 0 Å². The minimum atomic E-state index is -3.77. The molecule has 9 heteroatoms. The molecule has 1 heterocycles. The van der Waals surface area contributed by atoms with Crippen LogP contribution in [0.5, 0.6) is 0 Å². The normalized spacial score (nSPS) is 11.8. The van der Waals surface area contributed by atoms with Crippen molar-refractivity contribution in [2.45, 2.75) is 18.5 Å². The number of hydrogen-bond acceptors (Lipinski definition) is 5. The second-order valence-corrected chi connectivity index (χ2v) is 5.55. The number of hydrogen-bond donors (Lipinski definition) is 2. The lowest BCUT2D eigenvalue weighted by Crippen LogP contribution is -2.25. The first-order valence-corrected chi connectivity index (χ1v) is 7.07. The van der Waals surface area contributed by atoms with Gasteiger partial charge in [-0.25, -0.2) is 18.1 Å². The fourth-order valence-corrected chi connectivity index (χ4v) is 2.64. The molecule has 0 amide bonds. The molecule has 1 aromatic heterocycles. The van der Waals surface area contributed by atoms with Crippen molar-refractivity contribution in [3.05, 3.63) is 28.3 Å². The molecule has 8 nitrogen and oxygen atoms in total. The fourth-order valence-electron chi connectivity index (χ4n) is 1.57. The van der Waals surface area contributed by atoms with Gasteiger partial charge in [-0.3, -0.25) is 10.1 Å². The summed E-state index contributed by atoms with van der Waals surface area (Å²) in [6, 6.07) is 4.28.